The number of fused-ring (bicyclic) bond motifs is 1. The second kappa shape index (κ2) is 7.10. The summed E-state index contributed by atoms with van der Waals surface area (Å²) in [6.07, 6.45) is 0. The molecule has 0 fully saturated rings. The Labute approximate surface area is 170 Å². The standard InChI is InChI=1S/C22H16N4O2S/c1-14-6-4-7-15(12-14)21-23-19(28-25-21)13-26-22(27)17-9-3-2-8-16(17)20(24-26)18-10-5-11-29-18/h2-12H,13H2,1H3. The molecule has 142 valence electrons. The van der Waals surface area contributed by atoms with Gasteiger partial charge in [-0.15, -0.1) is 11.3 Å². The maximum atomic E-state index is 13.0. The minimum atomic E-state index is -0.184. The van der Waals surface area contributed by atoms with Gasteiger partial charge in [0, 0.05) is 10.9 Å². The van der Waals surface area contributed by atoms with E-state index in [0.29, 0.717) is 17.1 Å². The van der Waals surface area contributed by atoms with E-state index in [1.807, 2.05) is 73.0 Å². The van der Waals surface area contributed by atoms with Crippen LogP contribution in [0, 0.1) is 6.92 Å². The van der Waals surface area contributed by atoms with Crippen molar-refractivity contribution in [2.75, 3.05) is 0 Å². The summed E-state index contributed by atoms with van der Waals surface area (Å²) in [5.74, 6) is 0.833. The third kappa shape index (κ3) is 3.25. The average Bonchev–Trinajstić information content (AvgIpc) is 3.42. The van der Waals surface area contributed by atoms with E-state index in [1.165, 1.54) is 4.68 Å². The van der Waals surface area contributed by atoms with Crippen LogP contribution in [-0.2, 0) is 6.54 Å². The highest BCUT2D eigenvalue weighted by Gasteiger charge is 2.16. The van der Waals surface area contributed by atoms with E-state index in [-0.39, 0.29) is 12.1 Å². The normalized spacial score (nSPS) is 11.2. The molecule has 0 spiro atoms. The van der Waals surface area contributed by atoms with Crippen LogP contribution in [0.15, 0.2) is 75.4 Å². The van der Waals surface area contributed by atoms with Gasteiger partial charge in [-0.3, -0.25) is 4.79 Å². The molecular weight excluding hydrogens is 384 g/mol. The van der Waals surface area contributed by atoms with Gasteiger partial charge in [0.2, 0.25) is 11.7 Å². The van der Waals surface area contributed by atoms with Crippen molar-refractivity contribution < 1.29 is 4.52 Å². The zero-order valence-corrected chi connectivity index (χ0v) is 16.4. The van der Waals surface area contributed by atoms with Gasteiger partial charge in [-0.05, 0) is 30.5 Å². The fourth-order valence-electron chi connectivity index (χ4n) is 3.29. The smallest absolute Gasteiger partial charge is 0.275 e. The third-order valence-electron chi connectivity index (χ3n) is 4.65. The van der Waals surface area contributed by atoms with Gasteiger partial charge in [0.25, 0.3) is 5.56 Å². The molecule has 3 heterocycles. The first-order valence-corrected chi connectivity index (χ1v) is 10.0. The molecule has 0 radical (unpaired) electrons. The molecule has 7 heteroatoms. The van der Waals surface area contributed by atoms with E-state index >= 15 is 0 Å². The molecule has 0 bridgehead atoms. The molecule has 6 nitrogen and oxygen atoms in total. The zero-order valence-electron chi connectivity index (χ0n) is 15.6. The second-order valence-electron chi connectivity index (χ2n) is 6.72. The largest absolute Gasteiger partial charge is 0.337 e. The lowest BCUT2D eigenvalue weighted by molar-refractivity contribution is 0.364. The number of hydrogen-bond donors (Lipinski definition) is 0. The van der Waals surface area contributed by atoms with Gasteiger partial charge < -0.3 is 4.52 Å². The van der Waals surface area contributed by atoms with Gasteiger partial charge in [0.15, 0.2) is 0 Å². The molecule has 0 amide bonds. The van der Waals surface area contributed by atoms with Crippen LogP contribution in [0.25, 0.3) is 32.7 Å². The maximum absolute atomic E-state index is 13.0. The number of benzene rings is 2. The molecule has 29 heavy (non-hydrogen) atoms. The number of aromatic nitrogens is 4. The van der Waals surface area contributed by atoms with E-state index in [4.69, 9.17) is 4.52 Å². The number of nitrogens with zero attached hydrogens (tertiary/aromatic N) is 4. The predicted octanol–water partition coefficient (Wildman–Crippen LogP) is 4.53. The highest BCUT2D eigenvalue weighted by molar-refractivity contribution is 7.13. The fraction of sp³-hybridized carbons (Fsp3) is 0.0909. The minimum Gasteiger partial charge on any atom is -0.337 e. The van der Waals surface area contributed by atoms with Crippen molar-refractivity contribution in [3.05, 3.63) is 87.9 Å². The summed E-state index contributed by atoms with van der Waals surface area (Å²) in [6.45, 7) is 2.12. The van der Waals surface area contributed by atoms with E-state index in [0.717, 1.165) is 27.1 Å². The van der Waals surface area contributed by atoms with Crippen LogP contribution in [0.2, 0.25) is 0 Å². The Morgan fingerprint density at radius 3 is 2.69 bits per heavy atom. The van der Waals surface area contributed by atoms with E-state index in [1.54, 1.807) is 11.3 Å². The monoisotopic (exact) mass is 400 g/mol. The van der Waals surface area contributed by atoms with Gasteiger partial charge >= 0.3 is 0 Å². The number of thiophene rings is 1. The Bertz CT molecular complexity index is 1370. The average molecular weight is 400 g/mol. The van der Waals surface area contributed by atoms with E-state index < -0.39 is 0 Å². The van der Waals surface area contributed by atoms with Crippen LogP contribution < -0.4 is 5.56 Å². The Morgan fingerprint density at radius 1 is 1.03 bits per heavy atom. The highest BCUT2D eigenvalue weighted by Crippen LogP contribution is 2.28. The van der Waals surface area contributed by atoms with Crippen molar-refractivity contribution in [3.63, 3.8) is 0 Å². The van der Waals surface area contributed by atoms with Crippen LogP contribution in [-0.4, -0.2) is 19.9 Å². The first-order valence-electron chi connectivity index (χ1n) is 9.12. The lowest BCUT2D eigenvalue weighted by Crippen LogP contribution is -2.24. The summed E-state index contributed by atoms with van der Waals surface area (Å²) in [5.41, 5.74) is 2.57. The summed E-state index contributed by atoms with van der Waals surface area (Å²) < 4.78 is 6.80. The fourth-order valence-corrected chi connectivity index (χ4v) is 4.01. The summed E-state index contributed by atoms with van der Waals surface area (Å²) in [5, 5.41) is 12.1. The summed E-state index contributed by atoms with van der Waals surface area (Å²) in [4.78, 5) is 18.4. The topological polar surface area (TPSA) is 73.8 Å². The molecule has 0 atom stereocenters. The van der Waals surface area contributed by atoms with Crippen molar-refractivity contribution in [2.45, 2.75) is 13.5 Å². The van der Waals surface area contributed by atoms with Crippen LogP contribution in [0.3, 0.4) is 0 Å². The van der Waals surface area contributed by atoms with Crippen molar-refractivity contribution in [1.82, 2.24) is 19.9 Å². The Balaban J connectivity index is 1.58. The highest BCUT2D eigenvalue weighted by atomic mass is 32.1. The molecule has 0 saturated heterocycles. The molecule has 5 rings (SSSR count). The van der Waals surface area contributed by atoms with Gasteiger partial charge in [-0.2, -0.15) is 10.1 Å². The lowest BCUT2D eigenvalue weighted by Gasteiger charge is -2.08. The Hall–Kier alpha value is -3.58. The molecule has 5 aromatic rings. The summed E-state index contributed by atoms with van der Waals surface area (Å²) in [7, 11) is 0. The third-order valence-corrected chi connectivity index (χ3v) is 5.53. The molecule has 2 aromatic carbocycles. The zero-order chi connectivity index (χ0) is 19.8. The Morgan fingerprint density at radius 2 is 1.90 bits per heavy atom. The molecule has 3 aromatic heterocycles. The first-order chi connectivity index (χ1) is 14.2. The van der Waals surface area contributed by atoms with Crippen LogP contribution >= 0.6 is 11.3 Å². The van der Waals surface area contributed by atoms with E-state index in [2.05, 4.69) is 15.2 Å². The number of rotatable bonds is 4. The molecule has 0 saturated carbocycles. The number of aryl methyl sites for hydroxylation is 1. The minimum absolute atomic E-state index is 0.112. The quantitative estimate of drug-likeness (QED) is 0.443. The second-order valence-corrected chi connectivity index (χ2v) is 7.66. The Kier molecular flexibility index (Phi) is 4.29. The van der Waals surface area contributed by atoms with Crippen molar-refractivity contribution in [3.8, 4) is 22.0 Å². The van der Waals surface area contributed by atoms with Crippen molar-refractivity contribution in [1.29, 1.82) is 0 Å². The van der Waals surface area contributed by atoms with Crippen LogP contribution in [0.5, 0.6) is 0 Å². The predicted molar refractivity (Wildman–Crippen MR) is 113 cm³/mol. The lowest BCUT2D eigenvalue weighted by atomic mass is 10.1. The molecule has 0 unspecified atom stereocenters. The summed E-state index contributed by atoms with van der Waals surface area (Å²) in [6, 6.07) is 19.4. The van der Waals surface area contributed by atoms with Crippen molar-refractivity contribution in [2.24, 2.45) is 0 Å². The van der Waals surface area contributed by atoms with Gasteiger partial charge in [-0.25, -0.2) is 4.68 Å². The van der Waals surface area contributed by atoms with Crippen molar-refractivity contribution >= 4 is 22.1 Å². The molecule has 0 aliphatic rings. The van der Waals surface area contributed by atoms with Crippen LogP contribution in [0.1, 0.15) is 11.5 Å². The maximum Gasteiger partial charge on any atom is 0.275 e. The first kappa shape index (κ1) is 17.5. The molecular formula is C22H16N4O2S. The number of hydrogen-bond acceptors (Lipinski definition) is 6. The van der Waals surface area contributed by atoms with Gasteiger partial charge in [-0.1, -0.05) is 53.2 Å². The van der Waals surface area contributed by atoms with E-state index in [9.17, 15) is 4.79 Å². The summed E-state index contributed by atoms with van der Waals surface area (Å²) >= 11 is 1.59. The SMILES string of the molecule is Cc1cccc(-c2noc(Cn3nc(-c4cccs4)c4ccccc4c3=O)n2)c1. The van der Waals surface area contributed by atoms with Gasteiger partial charge in [0.1, 0.15) is 12.2 Å². The van der Waals surface area contributed by atoms with Crippen LogP contribution in [0.4, 0.5) is 0 Å². The van der Waals surface area contributed by atoms with Gasteiger partial charge in [0.05, 0.1) is 10.3 Å². The molecule has 0 N–H and O–H groups in total. The molecule has 0 aliphatic carbocycles. The molecule has 0 aliphatic heterocycles.